The minimum atomic E-state index is 0.483. The number of hydrogen-bond donors (Lipinski definition) is 1. The van der Waals surface area contributed by atoms with E-state index in [9.17, 15) is 0 Å². The van der Waals surface area contributed by atoms with Gasteiger partial charge in [-0.05, 0) is 37.6 Å². The quantitative estimate of drug-likeness (QED) is 0.545. The van der Waals surface area contributed by atoms with Crippen LogP contribution < -0.4 is 10.2 Å². The first-order valence-electron chi connectivity index (χ1n) is 8.08. The van der Waals surface area contributed by atoms with E-state index in [0.29, 0.717) is 12.6 Å². The Morgan fingerprint density at radius 2 is 1.64 bits per heavy atom. The number of rotatable bonds is 6. The molecule has 0 fully saturated rings. The minimum Gasteiger partial charge on any atom is -0.488 e. The Kier molecular flexibility index (Phi) is 5.36. The Bertz CT molecular complexity index is 842. The van der Waals surface area contributed by atoms with Crippen molar-refractivity contribution in [3.63, 3.8) is 0 Å². The van der Waals surface area contributed by atoms with Gasteiger partial charge in [-0.3, -0.25) is 0 Å². The standard InChI is InChI=1S/C20H20N4O/c1-15-12-16(2)23-20(22-15)24-21-13-18-10-6-7-11-19(18)25-14-17-8-4-3-5-9-17/h3-13H,14H2,1-2H3,(H,22,23,24). The summed E-state index contributed by atoms with van der Waals surface area (Å²) in [6.45, 7) is 4.37. The lowest BCUT2D eigenvalue weighted by atomic mass is 10.2. The van der Waals surface area contributed by atoms with Crippen molar-refractivity contribution in [2.75, 3.05) is 5.43 Å². The van der Waals surface area contributed by atoms with Gasteiger partial charge >= 0.3 is 0 Å². The fraction of sp³-hybridized carbons (Fsp3) is 0.150. The maximum absolute atomic E-state index is 5.91. The molecule has 0 saturated heterocycles. The molecule has 5 heteroatoms. The number of aryl methyl sites for hydroxylation is 2. The molecule has 0 aliphatic rings. The number of hydrogen-bond acceptors (Lipinski definition) is 5. The van der Waals surface area contributed by atoms with Crippen LogP contribution in [0.2, 0.25) is 0 Å². The van der Waals surface area contributed by atoms with E-state index >= 15 is 0 Å². The number of ether oxygens (including phenoxy) is 1. The van der Waals surface area contributed by atoms with E-state index in [1.807, 2.05) is 74.5 Å². The van der Waals surface area contributed by atoms with Crippen LogP contribution in [-0.2, 0) is 6.61 Å². The van der Waals surface area contributed by atoms with Crippen LogP contribution in [0.5, 0.6) is 5.75 Å². The summed E-state index contributed by atoms with van der Waals surface area (Å²) in [5.74, 6) is 1.26. The van der Waals surface area contributed by atoms with Gasteiger partial charge in [-0.1, -0.05) is 42.5 Å². The number of anilines is 1. The highest BCUT2D eigenvalue weighted by atomic mass is 16.5. The molecule has 3 aromatic rings. The van der Waals surface area contributed by atoms with Gasteiger partial charge in [-0.15, -0.1) is 0 Å². The Balaban J connectivity index is 1.67. The van der Waals surface area contributed by atoms with Crippen LogP contribution >= 0.6 is 0 Å². The summed E-state index contributed by atoms with van der Waals surface area (Å²) in [5.41, 5.74) is 6.67. The fourth-order valence-corrected chi connectivity index (χ4v) is 2.39. The first-order valence-corrected chi connectivity index (χ1v) is 8.08. The molecule has 0 saturated carbocycles. The van der Waals surface area contributed by atoms with Gasteiger partial charge in [0, 0.05) is 17.0 Å². The zero-order chi connectivity index (χ0) is 17.5. The molecule has 2 aromatic carbocycles. The highest BCUT2D eigenvalue weighted by molar-refractivity contribution is 5.83. The van der Waals surface area contributed by atoms with Crippen molar-refractivity contribution in [2.24, 2.45) is 5.10 Å². The Labute approximate surface area is 147 Å². The lowest BCUT2D eigenvalue weighted by Crippen LogP contribution is -2.01. The third-order valence-corrected chi connectivity index (χ3v) is 3.51. The summed E-state index contributed by atoms with van der Waals surface area (Å²) in [6.07, 6.45) is 1.71. The first-order chi connectivity index (χ1) is 12.2. The van der Waals surface area contributed by atoms with Crippen molar-refractivity contribution in [3.05, 3.63) is 83.2 Å². The molecule has 5 nitrogen and oxygen atoms in total. The van der Waals surface area contributed by atoms with E-state index in [-0.39, 0.29) is 0 Å². The molecule has 0 aliphatic heterocycles. The molecule has 0 bridgehead atoms. The number of hydrazone groups is 1. The maximum Gasteiger partial charge on any atom is 0.243 e. The summed E-state index contributed by atoms with van der Waals surface area (Å²) in [7, 11) is 0. The van der Waals surface area contributed by atoms with E-state index < -0.39 is 0 Å². The van der Waals surface area contributed by atoms with Crippen LogP contribution in [0.4, 0.5) is 5.95 Å². The van der Waals surface area contributed by atoms with Crippen LogP contribution in [0.1, 0.15) is 22.5 Å². The van der Waals surface area contributed by atoms with Gasteiger partial charge in [0.1, 0.15) is 12.4 Å². The van der Waals surface area contributed by atoms with Gasteiger partial charge in [0.15, 0.2) is 0 Å². The monoisotopic (exact) mass is 332 g/mol. The van der Waals surface area contributed by atoms with Crippen LogP contribution in [0.25, 0.3) is 0 Å². The number of aromatic nitrogens is 2. The summed E-state index contributed by atoms with van der Waals surface area (Å²) < 4.78 is 5.91. The highest BCUT2D eigenvalue weighted by Gasteiger charge is 2.02. The third kappa shape index (κ3) is 4.88. The minimum absolute atomic E-state index is 0.483. The Hall–Kier alpha value is -3.21. The maximum atomic E-state index is 5.91. The molecule has 0 aliphatic carbocycles. The second-order valence-electron chi connectivity index (χ2n) is 5.66. The van der Waals surface area contributed by atoms with E-state index in [1.54, 1.807) is 6.21 Å². The van der Waals surface area contributed by atoms with Crippen molar-refractivity contribution in [3.8, 4) is 5.75 Å². The lowest BCUT2D eigenvalue weighted by molar-refractivity contribution is 0.306. The van der Waals surface area contributed by atoms with E-state index in [1.165, 1.54) is 0 Å². The topological polar surface area (TPSA) is 59.4 Å². The van der Waals surface area contributed by atoms with Gasteiger partial charge in [0.25, 0.3) is 0 Å². The highest BCUT2D eigenvalue weighted by Crippen LogP contribution is 2.17. The molecule has 3 rings (SSSR count). The molecule has 126 valence electrons. The van der Waals surface area contributed by atoms with Gasteiger partial charge in [0.2, 0.25) is 5.95 Å². The van der Waals surface area contributed by atoms with Gasteiger partial charge in [0.05, 0.1) is 6.21 Å². The predicted octanol–water partition coefficient (Wildman–Crippen LogP) is 4.12. The summed E-state index contributed by atoms with van der Waals surface area (Å²) in [5, 5.41) is 4.23. The normalized spacial score (nSPS) is 10.8. The zero-order valence-corrected chi connectivity index (χ0v) is 14.3. The number of para-hydroxylation sites is 1. The second kappa shape index (κ2) is 8.06. The summed E-state index contributed by atoms with van der Waals surface area (Å²) in [4.78, 5) is 8.59. The second-order valence-corrected chi connectivity index (χ2v) is 5.66. The largest absolute Gasteiger partial charge is 0.488 e. The number of nitrogens with zero attached hydrogens (tertiary/aromatic N) is 3. The zero-order valence-electron chi connectivity index (χ0n) is 14.3. The average Bonchev–Trinajstić information content (AvgIpc) is 2.61. The third-order valence-electron chi connectivity index (χ3n) is 3.51. The average molecular weight is 332 g/mol. The Morgan fingerprint density at radius 1 is 0.960 bits per heavy atom. The van der Waals surface area contributed by atoms with Crippen molar-refractivity contribution in [1.29, 1.82) is 0 Å². The molecular weight excluding hydrogens is 312 g/mol. The summed E-state index contributed by atoms with van der Waals surface area (Å²) >= 11 is 0. The smallest absolute Gasteiger partial charge is 0.243 e. The van der Waals surface area contributed by atoms with Crippen LogP contribution in [0.15, 0.2) is 65.8 Å². The molecule has 0 unspecified atom stereocenters. The van der Waals surface area contributed by atoms with Crippen molar-refractivity contribution >= 4 is 12.2 Å². The molecule has 1 heterocycles. The molecular formula is C20H20N4O. The first kappa shape index (κ1) is 16.6. The van der Waals surface area contributed by atoms with Gasteiger partial charge < -0.3 is 4.74 Å². The van der Waals surface area contributed by atoms with Gasteiger partial charge in [-0.2, -0.15) is 5.10 Å². The molecule has 1 aromatic heterocycles. The summed E-state index contributed by atoms with van der Waals surface area (Å²) in [6, 6.07) is 19.8. The van der Waals surface area contributed by atoms with Crippen molar-refractivity contribution in [2.45, 2.75) is 20.5 Å². The SMILES string of the molecule is Cc1cc(C)nc(NN=Cc2ccccc2OCc2ccccc2)n1. The molecule has 25 heavy (non-hydrogen) atoms. The van der Waals surface area contributed by atoms with E-state index in [2.05, 4.69) is 20.5 Å². The molecule has 0 radical (unpaired) electrons. The Morgan fingerprint density at radius 3 is 2.40 bits per heavy atom. The molecule has 1 N–H and O–H groups in total. The molecule has 0 spiro atoms. The number of benzene rings is 2. The van der Waals surface area contributed by atoms with Gasteiger partial charge in [-0.25, -0.2) is 15.4 Å². The van der Waals surface area contributed by atoms with E-state index in [4.69, 9.17) is 4.74 Å². The van der Waals surface area contributed by atoms with Crippen molar-refractivity contribution < 1.29 is 4.74 Å². The lowest BCUT2D eigenvalue weighted by Gasteiger charge is -2.09. The fourth-order valence-electron chi connectivity index (χ4n) is 2.39. The molecule has 0 atom stereocenters. The van der Waals surface area contributed by atoms with Crippen LogP contribution in [-0.4, -0.2) is 16.2 Å². The van der Waals surface area contributed by atoms with Crippen molar-refractivity contribution in [1.82, 2.24) is 9.97 Å². The predicted molar refractivity (Wildman–Crippen MR) is 99.9 cm³/mol. The molecule has 0 amide bonds. The van der Waals surface area contributed by atoms with Crippen LogP contribution in [0.3, 0.4) is 0 Å². The number of nitrogens with one attached hydrogen (secondary N) is 1. The van der Waals surface area contributed by atoms with Crippen LogP contribution in [0, 0.1) is 13.8 Å². The van der Waals surface area contributed by atoms with E-state index in [0.717, 1.165) is 28.3 Å².